The van der Waals surface area contributed by atoms with Crippen LogP contribution in [0.2, 0.25) is 0 Å². The quantitative estimate of drug-likeness (QED) is 0.473. The minimum absolute atomic E-state index is 0.151. The molecule has 0 saturated heterocycles. The third-order valence-electron chi connectivity index (χ3n) is 5.32. The number of nitrogens with zero attached hydrogens (tertiary/aromatic N) is 3. The van der Waals surface area contributed by atoms with Crippen molar-refractivity contribution in [3.8, 4) is 11.3 Å². The molecule has 152 valence electrons. The van der Waals surface area contributed by atoms with Crippen LogP contribution in [-0.2, 0) is 0 Å². The maximum Gasteiger partial charge on any atom is 0.281 e. The number of carbonyl (C=O) groups is 1. The summed E-state index contributed by atoms with van der Waals surface area (Å²) in [5.74, 6) is -0.223. The number of fused-ring (bicyclic) bond motifs is 3. The zero-order valence-corrected chi connectivity index (χ0v) is 16.7. The van der Waals surface area contributed by atoms with Gasteiger partial charge in [0.15, 0.2) is 5.65 Å². The highest BCUT2D eigenvalue weighted by Gasteiger charge is 2.17. The van der Waals surface area contributed by atoms with E-state index >= 15 is 0 Å². The molecule has 0 spiro atoms. The van der Waals surface area contributed by atoms with Crippen LogP contribution in [-0.4, -0.2) is 25.7 Å². The molecule has 7 nitrogen and oxygen atoms in total. The number of hydrogen-bond donors (Lipinski definition) is 2. The first kappa shape index (κ1) is 18.7. The monoisotopic (exact) mass is 409 g/mol. The van der Waals surface area contributed by atoms with Crippen molar-refractivity contribution in [3.63, 3.8) is 0 Å². The Balaban J connectivity index is 1.57. The molecule has 3 aromatic carbocycles. The molecule has 0 saturated carbocycles. The predicted molar refractivity (Wildman–Crippen MR) is 119 cm³/mol. The SMILES string of the molecule is C[C@H](NC(=O)c1ccc2c(=O)nc3c(-c4ccccc4)n[nH]n3c2c1)c1ccccc1. The van der Waals surface area contributed by atoms with Gasteiger partial charge in [-0.25, -0.2) is 9.73 Å². The summed E-state index contributed by atoms with van der Waals surface area (Å²) in [4.78, 5) is 29.7. The molecule has 2 heterocycles. The molecular formula is C24H19N5O2. The van der Waals surface area contributed by atoms with Crippen LogP contribution >= 0.6 is 0 Å². The number of aromatic nitrogens is 4. The predicted octanol–water partition coefficient (Wildman–Crippen LogP) is 3.73. The lowest BCUT2D eigenvalue weighted by molar-refractivity contribution is 0.0940. The lowest BCUT2D eigenvalue weighted by Gasteiger charge is -2.14. The Labute approximate surface area is 177 Å². The third kappa shape index (κ3) is 3.36. The summed E-state index contributed by atoms with van der Waals surface area (Å²) in [6.45, 7) is 1.93. The average molecular weight is 409 g/mol. The molecule has 0 bridgehead atoms. The maximum absolute atomic E-state index is 12.9. The fourth-order valence-electron chi connectivity index (χ4n) is 3.66. The van der Waals surface area contributed by atoms with E-state index < -0.39 is 0 Å². The summed E-state index contributed by atoms with van der Waals surface area (Å²) < 4.78 is 1.64. The van der Waals surface area contributed by atoms with Gasteiger partial charge in [0.1, 0.15) is 5.69 Å². The Morgan fingerprint density at radius 2 is 1.71 bits per heavy atom. The van der Waals surface area contributed by atoms with Crippen molar-refractivity contribution in [1.29, 1.82) is 0 Å². The van der Waals surface area contributed by atoms with Gasteiger partial charge in [0.2, 0.25) is 0 Å². The fraction of sp³-hybridized carbons (Fsp3) is 0.0833. The number of nitrogens with one attached hydrogen (secondary N) is 2. The van der Waals surface area contributed by atoms with Gasteiger partial charge in [-0.1, -0.05) is 60.7 Å². The summed E-state index contributed by atoms with van der Waals surface area (Å²) >= 11 is 0. The topological polar surface area (TPSA) is 92.2 Å². The Morgan fingerprint density at radius 3 is 2.45 bits per heavy atom. The second kappa shape index (κ2) is 7.53. The Bertz CT molecular complexity index is 1460. The first-order valence-electron chi connectivity index (χ1n) is 9.94. The molecule has 0 unspecified atom stereocenters. The van der Waals surface area contributed by atoms with Gasteiger partial charge < -0.3 is 5.32 Å². The van der Waals surface area contributed by atoms with Gasteiger partial charge >= 0.3 is 0 Å². The number of carbonyl (C=O) groups excluding carboxylic acids is 1. The lowest BCUT2D eigenvalue weighted by atomic mass is 10.1. The zero-order valence-electron chi connectivity index (χ0n) is 16.7. The molecule has 31 heavy (non-hydrogen) atoms. The molecule has 0 radical (unpaired) electrons. The number of aromatic amines is 1. The number of amides is 1. The minimum Gasteiger partial charge on any atom is -0.346 e. The van der Waals surface area contributed by atoms with Crippen molar-refractivity contribution >= 4 is 22.5 Å². The van der Waals surface area contributed by atoms with Crippen LogP contribution in [0, 0.1) is 0 Å². The standard InChI is InChI=1S/C24H19N5O2/c1-15(16-8-4-2-5-9-16)25-23(30)18-12-13-19-20(14-18)29-22(26-24(19)31)21(27-28-29)17-10-6-3-7-11-17/h2-15,28H,1H3,(H,25,30)/t15-/m0/s1. The largest absolute Gasteiger partial charge is 0.346 e. The van der Waals surface area contributed by atoms with Crippen LogP contribution in [0.1, 0.15) is 28.9 Å². The molecule has 5 aromatic rings. The molecule has 0 fully saturated rings. The van der Waals surface area contributed by atoms with Gasteiger partial charge in [-0.3, -0.25) is 9.59 Å². The van der Waals surface area contributed by atoms with Gasteiger partial charge in [0, 0.05) is 11.1 Å². The van der Waals surface area contributed by atoms with Crippen LogP contribution in [0.4, 0.5) is 0 Å². The van der Waals surface area contributed by atoms with Crippen LogP contribution in [0.15, 0.2) is 83.7 Å². The van der Waals surface area contributed by atoms with Crippen LogP contribution < -0.4 is 10.9 Å². The zero-order chi connectivity index (χ0) is 21.4. The molecule has 1 amide bonds. The highest BCUT2D eigenvalue weighted by Crippen LogP contribution is 2.23. The number of rotatable bonds is 4. The fourth-order valence-corrected chi connectivity index (χ4v) is 3.66. The van der Waals surface area contributed by atoms with E-state index in [0.717, 1.165) is 11.1 Å². The maximum atomic E-state index is 12.9. The average Bonchev–Trinajstić information content (AvgIpc) is 3.24. The molecule has 7 heteroatoms. The summed E-state index contributed by atoms with van der Waals surface area (Å²) in [7, 11) is 0. The molecule has 0 aliphatic rings. The van der Waals surface area contributed by atoms with Gasteiger partial charge in [0.25, 0.3) is 11.5 Å². The normalized spacial score (nSPS) is 12.2. The van der Waals surface area contributed by atoms with Gasteiger partial charge in [0.05, 0.1) is 16.9 Å². The highest BCUT2D eigenvalue weighted by molar-refractivity contribution is 5.98. The summed E-state index contributed by atoms with van der Waals surface area (Å²) in [5.41, 5.74) is 3.48. The second-order valence-corrected chi connectivity index (χ2v) is 7.34. The number of benzene rings is 3. The molecular weight excluding hydrogens is 390 g/mol. The van der Waals surface area contributed by atoms with E-state index in [1.54, 1.807) is 22.7 Å². The molecule has 0 aliphatic heterocycles. The number of H-pyrrole nitrogens is 1. The molecule has 2 N–H and O–H groups in total. The lowest BCUT2D eigenvalue weighted by Crippen LogP contribution is -2.26. The van der Waals surface area contributed by atoms with E-state index in [1.807, 2.05) is 67.6 Å². The summed E-state index contributed by atoms with van der Waals surface area (Å²) in [6.07, 6.45) is 0. The van der Waals surface area contributed by atoms with Crippen LogP contribution in [0.3, 0.4) is 0 Å². The van der Waals surface area contributed by atoms with E-state index in [9.17, 15) is 9.59 Å². The smallest absolute Gasteiger partial charge is 0.281 e. The summed E-state index contributed by atoms with van der Waals surface area (Å²) in [5, 5.41) is 10.7. The van der Waals surface area contributed by atoms with Gasteiger partial charge in [-0.2, -0.15) is 10.1 Å². The third-order valence-corrected chi connectivity index (χ3v) is 5.32. The molecule has 5 rings (SSSR count). The van der Waals surface area contributed by atoms with Gasteiger partial charge in [-0.15, -0.1) is 0 Å². The minimum atomic E-state index is -0.363. The van der Waals surface area contributed by atoms with Crippen molar-refractivity contribution in [2.75, 3.05) is 0 Å². The molecule has 1 atom stereocenters. The summed E-state index contributed by atoms with van der Waals surface area (Å²) in [6, 6.07) is 24.1. The van der Waals surface area contributed by atoms with E-state index in [1.165, 1.54) is 0 Å². The Morgan fingerprint density at radius 1 is 1.00 bits per heavy atom. The highest BCUT2D eigenvalue weighted by atomic mass is 16.1. The van der Waals surface area contributed by atoms with Crippen molar-refractivity contribution < 1.29 is 4.79 Å². The van der Waals surface area contributed by atoms with E-state index in [2.05, 4.69) is 20.6 Å². The molecule has 2 aromatic heterocycles. The second-order valence-electron chi connectivity index (χ2n) is 7.34. The van der Waals surface area contributed by atoms with Crippen molar-refractivity contribution in [2.24, 2.45) is 0 Å². The first-order valence-corrected chi connectivity index (χ1v) is 9.94. The van der Waals surface area contributed by atoms with Crippen molar-refractivity contribution in [2.45, 2.75) is 13.0 Å². The van der Waals surface area contributed by atoms with Crippen LogP contribution in [0.25, 0.3) is 27.8 Å². The van der Waals surface area contributed by atoms with E-state index in [-0.39, 0.29) is 17.5 Å². The van der Waals surface area contributed by atoms with E-state index in [4.69, 9.17) is 0 Å². The van der Waals surface area contributed by atoms with E-state index in [0.29, 0.717) is 27.8 Å². The van der Waals surface area contributed by atoms with Crippen molar-refractivity contribution in [1.82, 2.24) is 25.1 Å². The van der Waals surface area contributed by atoms with Crippen molar-refractivity contribution in [3.05, 3.63) is 100 Å². The molecule has 0 aliphatic carbocycles. The Hall–Kier alpha value is -4.26. The first-order chi connectivity index (χ1) is 15.1. The Kier molecular flexibility index (Phi) is 4.55. The van der Waals surface area contributed by atoms with Crippen LogP contribution in [0.5, 0.6) is 0 Å². The van der Waals surface area contributed by atoms with Gasteiger partial charge in [-0.05, 0) is 30.7 Å². The number of hydrogen-bond acceptors (Lipinski definition) is 4.